The third kappa shape index (κ3) is 1.19. The van der Waals surface area contributed by atoms with Gasteiger partial charge in [0.05, 0.1) is 5.39 Å². The van der Waals surface area contributed by atoms with E-state index in [2.05, 4.69) is 20.2 Å². The van der Waals surface area contributed by atoms with Crippen molar-refractivity contribution in [3.05, 3.63) is 11.5 Å². The highest BCUT2D eigenvalue weighted by molar-refractivity contribution is 7.99. The molecule has 0 aromatic carbocycles. The molecule has 76 valence electrons. The Kier molecular flexibility index (Phi) is 1.69. The third-order valence-electron chi connectivity index (χ3n) is 2.24. The van der Waals surface area contributed by atoms with Crippen molar-refractivity contribution in [2.45, 2.75) is 11.4 Å². The first-order chi connectivity index (χ1) is 7.25. The maximum Gasteiger partial charge on any atom is 0.374 e. The Labute approximate surface area is 88.1 Å². The smallest absolute Gasteiger partial charge is 0.374 e. The molecule has 0 spiro atoms. The minimum absolute atomic E-state index is 0.190. The number of rotatable bonds is 1. The number of thioether (sulfide) groups is 1. The van der Waals surface area contributed by atoms with Gasteiger partial charge in [-0.05, 0) is 6.42 Å². The zero-order valence-electron chi connectivity index (χ0n) is 7.52. The van der Waals surface area contributed by atoms with E-state index in [1.54, 1.807) is 11.8 Å². The van der Waals surface area contributed by atoms with E-state index in [1.807, 2.05) is 0 Å². The highest BCUT2D eigenvalue weighted by atomic mass is 32.2. The van der Waals surface area contributed by atoms with Crippen molar-refractivity contribution < 1.29 is 9.90 Å². The summed E-state index contributed by atoms with van der Waals surface area (Å²) >= 11 is 1.54. The van der Waals surface area contributed by atoms with Crippen LogP contribution >= 0.6 is 11.8 Å². The molecule has 1 aliphatic heterocycles. The number of aromatic amines is 1. The summed E-state index contributed by atoms with van der Waals surface area (Å²) in [5, 5.41) is 17.2. The summed E-state index contributed by atoms with van der Waals surface area (Å²) in [7, 11) is 0. The van der Waals surface area contributed by atoms with Crippen molar-refractivity contribution in [3.63, 3.8) is 0 Å². The number of carboxylic acid groups (broad SMARTS) is 1. The molecule has 15 heavy (non-hydrogen) atoms. The molecule has 3 heterocycles. The monoisotopic (exact) mass is 222 g/mol. The molecular formula is C8H6N4O2S. The number of H-pyrrole nitrogens is 1. The Morgan fingerprint density at radius 2 is 2.33 bits per heavy atom. The standard InChI is InChI=1S/C8H6N4O2S/c13-8(14)6-9-5-4-3(11-12-5)1-2-15-7(4)10-6/h1-2H2,(H,13,14)(H,9,10,11,12). The van der Waals surface area contributed by atoms with Crippen LogP contribution in [0.25, 0.3) is 11.0 Å². The average Bonchev–Trinajstić information content (AvgIpc) is 2.64. The Bertz CT molecular complexity index is 565. The molecule has 0 atom stereocenters. The molecule has 0 radical (unpaired) electrons. The molecule has 0 aliphatic carbocycles. The molecule has 2 aromatic heterocycles. The van der Waals surface area contributed by atoms with Crippen molar-refractivity contribution in [1.29, 1.82) is 0 Å². The van der Waals surface area contributed by atoms with Gasteiger partial charge in [0.15, 0.2) is 5.65 Å². The first-order valence-electron chi connectivity index (χ1n) is 4.37. The minimum atomic E-state index is -1.12. The predicted molar refractivity (Wildman–Crippen MR) is 53.1 cm³/mol. The van der Waals surface area contributed by atoms with Gasteiger partial charge in [0.25, 0.3) is 0 Å². The number of nitrogens with zero attached hydrogens (tertiary/aromatic N) is 3. The van der Waals surface area contributed by atoms with Crippen molar-refractivity contribution in [2.75, 3.05) is 5.75 Å². The van der Waals surface area contributed by atoms with Gasteiger partial charge in [-0.1, -0.05) is 0 Å². The molecule has 0 amide bonds. The van der Waals surface area contributed by atoms with Gasteiger partial charge in [0.1, 0.15) is 5.03 Å². The van der Waals surface area contributed by atoms with Crippen LogP contribution in [0.1, 0.15) is 16.3 Å². The molecule has 0 saturated heterocycles. The van der Waals surface area contributed by atoms with E-state index in [1.165, 1.54) is 0 Å². The second-order valence-electron chi connectivity index (χ2n) is 3.16. The van der Waals surface area contributed by atoms with Crippen LogP contribution in [0.15, 0.2) is 5.03 Å². The third-order valence-corrected chi connectivity index (χ3v) is 3.21. The van der Waals surface area contributed by atoms with Gasteiger partial charge in [-0.3, -0.25) is 5.10 Å². The van der Waals surface area contributed by atoms with Crippen LogP contribution in [-0.2, 0) is 6.42 Å². The molecule has 2 aromatic rings. The number of nitrogens with one attached hydrogen (secondary N) is 1. The SMILES string of the molecule is O=C(O)c1nc2c3c([nH]nc3n1)CCS2. The van der Waals surface area contributed by atoms with Crippen LogP contribution in [-0.4, -0.2) is 37.0 Å². The van der Waals surface area contributed by atoms with Crippen LogP contribution in [0, 0.1) is 0 Å². The van der Waals surface area contributed by atoms with Crippen molar-refractivity contribution in [1.82, 2.24) is 20.2 Å². The molecule has 0 fully saturated rings. The maximum absolute atomic E-state index is 10.8. The quantitative estimate of drug-likeness (QED) is 0.690. The largest absolute Gasteiger partial charge is 0.475 e. The molecule has 0 bridgehead atoms. The van der Waals surface area contributed by atoms with Gasteiger partial charge >= 0.3 is 5.97 Å². The van der Waals surface area contributed by atoms with Crippen molar-refractivity contribution in [3.8, 4) is 0 Å². The second kappa shape index (κ2) is 2.93. The van der Waals surface area contributed by atoms with Crippen LogP contribution in [0.2, 0.25) is 0 Å². The average molecular weight is 222 g/mol. The zero-order valence-corrected chi connectivity index (χ0v) is 8.34. The van der Waals surface area contributed by atoms with E-state index in [0.717, 1.165) is 23.3 Å². The number of hydrogen-bond acceptors (Lipinski definition) is 5. The summed E-state index contributed by atoms with van der Waals surface area (Å²) in [6.45, 7) is 0. The van der Waals surface area contributed by atoms with E-state index < -0.39 is 5.97 Å². The van der Waals surface area contributed by atoms with Gasteiger partial charge < -0.3 is 5.11 Å². The molecular weight excluding hydrogens is 216 g/mol. The first kappa shape index (κ1) is 8.66. The van der Waals surface area contributed by atoms with Gasteiger partial charge in [0, 0.05) is 11.4 Å². The topological polar surface area (TPSA) is 91.8 Å². The molecule has 0 saturated carbocycles. The van der Waals surface area contributed by atoms with Gasteiger partial charge in [0.2, 0.25) is 5.82 Å². The van der Waals surface area contributed by atoms with Crippen molar-refractivity contribution >= 4 is 28.8 Å². The Hall–Kier alpha value is -1.63. The Morgan fingerprint density at radius 3 is 3.13 bits per heavy atom. The molecule has 0 unspecified atom stereocenters. The number of aromatic carboxylic acids is 1. The Morgan fingerprint density at radius 1 is 1.47 bits per heavy atom. The summed E-state index contributed by atoms with van der Waals surface area (Å²) in [4.78, 5) is 18.6. The van der Waals surface area contributed by atoms with Gasteiger partial charge in [-0.2, -0.15) is 5.10 Å². The maximum atomic E-state index is 10.8. The molecule has 6 nitrogen and oxygen atoms in total. The van der Waals surface area contributed by atoms with Crippen LogP contribution in [0.4, 0.5) is 0 Å². The fourth-order valence-corrected chi connectivity index (χ4v) is 2.59. The molecule has 7 heteroatoms. The van der Waals surface area contributed by atoms with Crippen LogP contribution in [0.5, 0.6) is 0 Å². The number of carbonyl (C=O) groups is 1. The number of hydrogen-bond donors (Lipinski definition) is 2. The highest BCUT2D eigenvalue weighted by Gasteiger charge is 2.21. The number of aryl methyl sites for hydroxylation is 1. The summed E-state index contributed by atoms with van der Waals surface area (Å²) in [6, 6.07) is 0. The molecule has 3 rings (SSSR count). The Balaban J connectivity index is 2.36. The fourth-order valence-electron chi connectivity index (χ4n) is 1.58. The summed E-state index contributed by atoms with van der Waals surface area (Å²) in [6.07, 6.45) is 0.893. The fraction of sp³-hybridized carbons (Fsp3) is 0.250. The summed E-state index contributed by atoms with van der Waals surface area (Å²) in [5.41, 5.74) is 1.44. The lowest BCUT2D eigenvalue weighted by Gasteiger charge is -2.09. The lowest BCUT2D eigenvalue weighted by atomic mass is 10.2. The predicted octanol–water partition coefficient (Wildman–Crippen LogP) is 0.699. The second-order valence-corrected chi connectivity index (χ2v) is 4.24. The lowest BCUT2D eigenvalue weighted by Crippen LogP contribution is -2.07. The summed E-state index contributed by atoms with van der Waals surface area (Å²) in [5.74, 6) is -0.422. The van der Waals surface area contributed by atoms with E-state index in [0.29, 0.717) is 10.7 Å². The number of aromatic nitrogens is 4. The van der Waals surface area contributed by atoms with E-state index in [9.17, 15) is 4.79 Å². The first-order valence-corrected chi connectivity index (χ1v) is 5.35. The molecule has 1 aliphatic rings. The molecule has 2 N–H and O–H groups in total. The normalized spacial score (nSPS) is 14.4. The van der Waals surface area contributed by atoms with Gasteiger partial charge in [-0.25, -0.2) is 14.8 Å². The minimum Gasteiger partial charge on any atom is -0.475 e. The van der Waals surface area contributed by atoms with E-state index >= 15 is 0 Å². The summed E-state index contributed by atoms with van der Waals surface area (Å²) < 4.78 is 0. The number of carboxylic acids is 1. The van der Waals surface area contributed by atoms with Crippen molar-refractivity contribution in [2.24, 2.45) is 0 Å². The lowest BCUT2D eigenvalue weighted by molar-refractivity contribution is 0.0683. The van der Waals surface area contributed by atoms with Crippen LogP contribution < -0.4 is 0 Å². The van der Waals surface area contributed by atoms with E-state index in [-0.39, 0.29) is 5.82 Å². The van der Waals surface area contributed by atoms with Crippen LogP contribution in [0.3, 0.4) is 0 Å². The highest BCUT2D eigenvalue weighted by Crippen LogP contribution is 2.32. The zero-order chi connectivity index (χ0) is 10.4. The van der Waals surface area contributed by atoms with Gasteiger partial charge in [-0.15, -0.1) is 11.8 Å². The van der Waals surface area contributed by atoms with E-state index in [4.69, 9.17) is 5.11 Å².